The molecule has 1 atom stereocenters. The number of hydrogen-bond acceptors (Lipinski definition) is 5. The molecule has 5 heteroatoms. The molecule has 1 heterocycles. The molecular formula is C15H21NO4. The molecule has 1 aliphatic heterocycles. The molecule has 0 saturated carbocycles. The molecule has 0 fully saturated rings. The van der Waals surface area contributed by atoms with Crippen LogP contribution in [0.25, 0.3) is 0 Å². The fourth-order valence-corrected chi connectivity index (χ4v) is 2.30. The molecule has 0 bridgehead atoms. The van der Waals surface area contributed by atoms with Gasteiger partial charge >= 0.3 is 5.97 Å². The van der Waals surface area contributed by atoms with Crippen LogP contribution >= 0.6 is 0 Å². The number of methoxy groups -OCH3 is 1. The molecule has 0 spiro atoms. The Morgan fingerprint density at radius 2 is 2.25 bits per heavy atom. The van der Waals surface area contributed by atoms with E-state index in [1.54, 1.807) is 14.0 Å². The van der Waals surface area contributed by atoms with Gasteiger partial charge in [0.05, 0.1) is 25.9 Å². The lowest BCUT2D eigenvalue weighted by Crippen LogP contribution is -2.45. The standard InChI is InChI=1S/C15H21NO4/c1-4-8-16-10-14(15(17)19-5-2)20-13-7-6-11(18-3)9-12(13)16/h6-7,9,14H,4-5,8,10H2,1-3H3. The average Bonchev–Trinajstić information content (AvgIpc) is 2.47. The predicted molar refractivity (Wildman–Crippen MR) is 76.5 cm³/mol. The maximum absolute atomic E-state index is 11.9. The van der Waals surface area contributed by atoms with E-state index < -0.39 is 6.10 Å². The molecule has 1 aliphatic rings. The molecule has 1 unspecified atom stereocenters. The van der Waals surface area contributed by atoms with Gasteiger partial charge in [-0.2, -0.15) is 0 Å². The Balaban J connectivity index is 2.26. The highest BCUT2D eigenvalue weighted by Gasteiger charge is 2.31. The molecular weight excluding hydrogens is 258 g/mol. The lowest BCUT2D eigenvalue weighted by molar-refractivity contribution is -0.151. The third kappa shape index (κ3) is 2.98. The second-order valence-electron chi connectivity index (χ2n) is 4.64. The van der Waals surface area contributed by atoms with Crippen LogP contribution in [0.3, 0.4) is 0 Å². The molecule has 20 heavy (non-hydrogen) atoms. The Labute approximate surface area is 119 Å². The van der Waals surface area contributed by atoms with Gasteiger partial charge in [0.25, 0.3) is 0 Å². The van der Waals surface area contributed by atoms with Crippen LogP contribution in [0.4, 0.5) is 5.69 Å². The second kappa shape index (κ2) is 6.50. The zero-order valence-electron chi connectivity index (χ0n) is 12.2. The van der Waals surface area contributed by atoms with Gasteiger partial charge in [-0.3, -0.25) is 0 Å². The van der Waals surface area contributed by atoms with Crippen LogP contribution in [0, 0.1) is 0 Å². The Morgan fingerprint density at radius 3 is 2.90 bits per heavy atom. The molecule has 0 aliphatic carbocycles. The Hall–Kier alpha value is -1.91. The highest BCUT2D eigenvalue weighted by Crippen LogP contribution is 2.36. The first-order valence-corrected chi connectivity index (χ1v) is 6.95. The lowest BCUT2D eigenvalue weighted by Gasteiger charge is -2.35. The smallest absolute Gasteiger partial charge is 0.349 e. The SMILES string of the molecule is CCCN1CC(C(=O)OCC)Oc2ccc(OC)cc21. The van der Waals surface area contributed by atoms with Gasteiger partial charge in [0, 0.05) is 12.6 Å². The van der Waals surface area contributed by atoms with Gasteiger partial charge in [-0.25, -0.2) is 4.79 Å². The van der Waals surface area contributed by atoms with Crippen molar-refractivity contribution in [1.82, 2.24) is 0 Å². The minimum absolute atomic E-state index is 0.310. The van der Waals surface area contributed by atoms with Crippen molar-refractivity contribution >= 4 is 11.7 Å². The summed E-state index contributed by atoms with van der Waals surface area (Å²) in [6.45, 7) is 5.63. The van der Waals surface area contributed by atoms with Crippen LogP contribution < -0.4 is 14.4 Å². The van der Waals surface area contributed by atoms with Crippen molar-refractivity contribution in [1.29, 1.82) is 0 Å². The molecule has 0 aromatic heterocycles. The van der Waals surface area contributed by atoms with E-state index in [1.165, 1.54) is 0 Å². The van der Waals surface area contributed by atoms with E-state index in [0.29, 0.717) is 18.9 Å². The number of anilines is 1. The molecule has 0 saturated heterocycles. The van der Waals surface area contributed by atoms with Gasteiger partial charge in [-0.05, 0) is 25.5 Å². The monoisotopic (exact) mass is 279 g/mol. The van der Waals surface area contributed by atoms with Crippen molar-refractivity contribution in [3.05, 3.63) is 18.2 Å². The molecule has 1 aromatic carbocycles. The van der Waals surface area contributed by atoms with E-state index in [2.05, 4.69) is 11.8 Å². The Kier molecular flexibility index (Phi) is 4.71. The number of carbonyl (C=O) groups excluding carboxylic acids is 1. The highest BCUT2D eigenvalue weighted by molar-refractivity contribution is 5.78. The number of benzene rings is 1. The summed E-state index contributed by atoms with van der Waals surface area (Å²) < 4.78 is 16.0. The minimum atomic E-state index is -0.567. The first kappa shape index (κ1) is 14.5. The normalized spacial score (nSPS) is 17.1. The lowest BCUT2D eigenvalue weighted by atomic mass is 10.1. The van der Waals surface area contributed by atoms with Crippen molar-refractivity contribution in [3.63, 3.8) is 0 Å². The topological polar surface area (TPSA) is 48.0 Å². The second-order valence-corrected chi connectivity index (χ2v) is 4.64. The molecule has 0 amide bonds. The van der Waals surface area contributed by atoms with Crippen LogP contribution in [-0.2, 0) is 9.53 Å². The average molecular weight is 279 g/mol. The number of fused-ring (bicyclic) bond motifs is 1. The third-order valence-corrected chi connectivity index (χ3v) is 3.21. The number of esters is 1. The number of rotatable bonds is 5. The molecule has 1 aromatic rings. The summed E-state index contributed by atoms with van der Waals surface area (Å²) in [6.07, 6.45) is 0.425. The maximum Gasteiger partial charge on any atom is 0.349 e. The number of ether oxygens (including phenoxy) is 3. The van der Waals surface area contributed by atoms with Gasteiger partial charge in [0.1, 0.15) is 11.5 Å². The molecule has 0 N–H and O–H groups in total. The van der Waals surface area contributed by atoms with Crippen LogP contribution in [0.15, 0.2) is 18.2 Å². The number of carbonyl (C=O) groups is 1. The van der Waals surface area contributed by atoms with Gasteiger partial charge < -0.3 is 19.1 Å². The molecule has 0 radical (unpaired) electrons. The fourth-order valence-electron chi connectivity index (χ4n) is 2.30. The summed E-state index contributed by atoms with van der Waals surface area (Å²) in [5, 5.41) is 0. The van der Waals surface area contributed by atoms with E-state index >= 15 is 0 Å². The first-order valence-electron chi connectivity index (χ1n) is 6.95. The van der Waals surface area contributed by atoms with Gasteiger partial charge in [0.2, 0.25) is 6.10 Å². The van der Waals surface area contributed by atoms with Gasteiger partial charge in [-0.1, -0.05) is 6.92 Å². The van der Waals surface area contributed by atoms with Crippen molar-refractivity contribution in [2.45, 2.75) is 26.4 Å². The van der Waals surface area contributed by atoms with Gasteiger partial charge in [-0.15, -0.1) is 0 Å². The summed E-state index contributed by atoms with van der Waals surface area (Å²) in [5.74, 6) is 1.17. The van der Waals surface area contributed by atoms with Crippen LogP contribution in [0.2, 0.25) is 0 Å². The number of hydrogen-bond donors (Lipinski definition) is 0. The Bertz CT molecular complexity index is 475. The Morgan fingerprint density at radius 1 is 1.45 bits per heavy atom. The predicted octanol–water partition coefficient (Wildman–Crippen LogP) is 2.24. The zero-order chi connectivity index (χ0) is 14.5. The zero-order valence-corrected chi connectivity index (χ0v) is 12.2. The van der Waals surface area contributed by atoms with E-state index in [1.807, 2.05) is 18.2 Å². The van der Waals surface area contributed by atoms with Crippen molar-refractivity contribution in [3.8, 4) is 11.5 Å². The summed E-state index contributed by atoms with van der Waals surface area (Å²) in [6, 6.07) is 5.60. The highest BCUT2D eigenvalue weighted by atomic mass is 16.6. The summed E-state index contributed by atoms with van der Waals surface area (Å²) in [5.41, 5.74) is 0.965. The maximum atomic E-state index is 11.9. The third-order valence-electron chi connectivity index (χ3n) is 3.21. The van der Waals surface area contributed by atoms with E-state index in [9.17, 15) is 4.79 Å². The van der Waals surface area contributed by atoms with E-state index in [-0.39, 0.29) is 5.97 Å². The van der Waals surface area contributed by atoms with Crippen molar-refractivity contribution in [2.75, 3.05) is 31.7 Å². The van der Waals surface area contributed by atoms with Crippen LogP contribution in [-0.4, -0.2) is 38.9 Å². The first-order chi connectivity index (χ1) is 9.69. The van der Waals surface area contributed by atoms with E-state index in [4.69, 9.17) is 14.2 Å². The van der Waals surface area contributed by atoms with E-state index in [0.717, 1.165) is 24.4 Å². The van der Waals surface area contributed by atoms with Crippen LogP contribution in [0.5, 0.6) is 11.5 Å². The molecule has 110 valence electrons. The summed E-state index contributed by atoms with van der Waals surface area (Å²) in [7, 11) is 1.64. The minimum Gasteiger partial charge on any atom is -0.497 e. The summed E-state index contributed by atoms with van der Waals surface area (Å²) in [4.78, 5) is 14.0. The molecule has 2 rings (SSSR count). The fraction of sp³-hybridized carbons (Fsp3) is 0.533. The largest absolute Gasteiger partial charge is 0.497 e. The van der Waals surface area contributed by atoms with Crippen LogP contribution in [0.1, 0.15) is 20.3 Å². The van der Waals surface area contributed by atoms with Gasteiger partial charge in [0.15, 0.2) is 0 Å². The number of nitrogens with zero attached hydrogens (tertiary/aromatic N) is 1. The summed E-state index contributed by atoms with van der Waals surface area (Å²) >= 11 is 0. The quantitative estimate of drug-likeness (QED) is 0.774. The molecule has 5 nitrogen and oxygen atoms in total. The van der Waals surface area contributed by atoms with Crippen molar-refractivity contribution < 1.29 is 19.0 Å². The van der Waals surface area contributed by atoms with Crippen molar-refractivity contribution in [2.24, 2.45) is 0 Å².